The average molecular weight is 278 g/mol. The monoisotopic (exact) mass is 277 g/mol. The van der Waals surface area contributed by atoms with Crippen LogP contribution >= 0.6 is 23.7 Å². The normalized spacial score (nSPS) is 9.24. The highest BCUT2D eigenvalue weighted by Crippen LogP contribution is 2.05. The van der Waals surface area contributed by atoms with Crippen molar-refractivity contribution in [1.29, 1.82) is 0 Å². The summed E-state index contributed by atoms with van der Waals surface area (Å²) in [7, 11) is 0. The summed E-state index contributed by atoms with van der Waals surface area (Å²) in [6.07, 6.45) is 0.806. The van der Waals surface area contributed by atoms with Crippen molar-refractivity contribution in [3.8, 4) is 0 Å². The molecule has 0 bridgehead atoms. The van der Waals surface area contributed by atoms with Crippen molar-refractivity contribution in [3.05, 3.63) is 22.4 Å². The first-order valence-electron chi connectivity index (χ1n) is 4.97. The van der Waals surface area contributed by atoms with Gasteiger partial charge in [0.1, 0.15) is 0 Å². The molecule has 1 aromatic rings. The smallest absolute Gasteiger partial charge is 0.239 e. The molecule has 0 saturated heterocycles. The van der Waals surface area contributed by atoms with Gasteiger partial charge in [0.25, 0.3) is 0 Å². The third-order valence-corrected chi connectivity index (χ3v) is 2.68. The van der Waals surface area contributed by atoms with Gasteiger partial charge >= 0.3 is 0 Å². The Morgan fingerprint density at radius 2 is 2.06 bits per heavy atom. The summed E-state index contributed by atoms with van der Waals surface area (Å²) in [6, 6.07) is 2.02. The molecule has 0 atom stereocenters. The zero-order valence-electron chi connectivity index (χ0n) is 9.27. The Hall–Kier alpha value is -1.11. The zero-order chi connectivity index (χ0) is 11.8. The van der Waals surface area contributed by atoms with E-state index < -0.39 is 0 Å². The summed E-state index contributed by atoms with van der Waals surface area (Å²) in [5, 5.41) is 9.16. The highest BCUT2D eigenvalue weighted by molar-refractivity contribution is 7.07. The van der Waals surface area contributed by atoms with Gasteiger partial charge in [-0.3, -0.25) is 9.59 Å². The molecule has 0 aromatic carbocycles. The minimum Gasteiger partial charge on any atom is -0.354 e. The van der Waals surface area contributed by atoms with E-state index in [-0.39, 0.29) is 37.3 Å². The van der Waals surface area contributed by atoms with Crippen molar-refractivity contribution in [2.45, 2.75) is 6.42 Å². The van der Waals surface area contributed by atoms with E-state index in [1.165, 1.54) is 5.56 Å². The predicted octanol–water partition coefficient (Wildman–Crippen LogP) is -0.0965. The predicted molar refractivity (Wildman–Crippen MR) is 70.3 cm³/mol. The van der Waals surface area contributed by atoms with E-state index in [1.54, 1.807) is 11.3 Å². The van der Waals surface area contributed by atoms with E-state index in [2.05, 4.69) is 10.6 Å². The van der Waals surface area contributed by atoms with E-state index in [4.69, 9.17) is 5.73 Å². The molecule has 4 N–H and O–H groups in total. The van der Waals surface area contributed by atoms with Crippen LogP contribution < -0.4 is 16.4 Å². The lowest BCUT2D eigenvalue weighted by atomic mass is 10.2. The topological polar surface area (TPSA) is 84.2 Å². The summed E-state index contributed by atoms with van der Waals surface area (Å²) in [5.74, 6) is -0.523. The molecule has 0 radical (unpaired) electrons. The van der Waals surface area contributed by atoms with Gasteiger partial charge in [0.15, 0.2) is 0 Å². The number of hydrogen-bond acceptors (Lipinski definition) is 4. The number of hydrogen-bond donors (Lipinski definition) is 3. The molecule has 0 aliphatic heterocycles. The quantitative estimate of drug-likeness (QED) is 0.679. The number of thiophene rings is 1. The molecule has 7 heteroatoms. The number of nitrogens with two attached hydrogens (primary N) is 1. The van der Waals surface area contributed by atoms with E-state index >= 15 is 0 Å². The summed E-state index contributed by atoms with van der Waals surface area (Å²) in [4.78, 5) is 22.0. The molecule has 0 spiro atoms. The maximum Gasteiger partial charge on any atom is 0.239 e. The lowest BCUT2D eigenvalue weighted by Crippen LogP contribution is -2.39. The molecule has 0 aliphatic rings. The summed E-state index contributed by atoms with van der Waals surface area (Å²) in [6.45, 7) is 0.468. The largest absolute Gasteiger partial charge is 0.354 e. The van der Waals surface area contributed by atoms with Crippen LogP contribution in [0.1, 0.15) is 5.56 Å². The average Bonchev–Trinajstić information content (AvgIpc) is 2.79. The standard InChI is InChI=1S/C10H15N3O2S.ClH/c11-5-9(14)13-6-10(15)12-3-1-8-2-4-16-7-8;/h2,4,7H,1,3,5-6,11H2,(H,12,15)(H,13,14);1H. The fraction of sp³-hybridized carbons (Fsp3) is 0.400. The Balaban J connectivity index is 0.00000256. The molecular weight excluding hydrogens is 262 g/mol. The van der Waals surface area contributed by atoms with Gasteiger partial charge < -0.3 is 16.4 Å². The van der Waals surface area contributed by atoms with Crippen LogP contribution in [0.25, 0.3) is 0 Å². The lowest BCUT2D eigenvalue weighted by molar-refractivity contribution is -0.125. The lowest BCUT2D eigenvalue weighted by Gasteiger charge is -2.05. The Kier molecular flexibility index (Phi) is 8.39. The van der Waals surface area contributed by atoms with Crippen LogP contribution in [0.15, 0.2) is 16.8 Å². The van der Waals surface area contributed by atoms with Gasteiger partial charge in [0, 0.05) is 6.54 Å². The summed E-state index contributed by atoms with van der Waals surface area (Å²) in [5.41, 5.74) is 6.28. The molecule has 5 nitrogen and oxygen atoms in total. The van der Waals surface area contributed by atoms with Gasteiger partial charge in [0.2, 0.25) is 11.8 Å². The number of halogens is 1. The SMILES string of the molecule is Cl.NCC(=O)NCC(=O)NCCc1ccsc1. The maximum atomic E-state index is 11.2. The van der Waals surface area contributed by atoms with Crippen molar-refractivity contribution < 1.29 is 9.59 Å². The van der Waals surface area contributed by atoms with Crippen molar-refractivity contribution in [3.63, 3.8) is 0 Å². The highest BCUT2D eigenvalue weighted by Gasteiger charge is 2.03. The molecule has 96 valence electrons. The summed E-state index contributed by atoms with van der Waals surface area (Å²) >= 11 is 1.63. The van der Waals surface area contributed by atoms with Crippen LogP contribution in [-0.2, 0) is 16.0 Å². The first-order chi connectivity index (χ1) is 7.72. The molecule has 1 heterocycles. The Morgan fingerprint density at radius 3 is 2.65 bits per heavy atom. The van der Waals surface area contributed by atoms with Crippen molar-refractivity contribution in [2.75, 3.05) is 19.6 Å². The first-order valence-corrected chi connectivity index (χ1v) is 5.91. The highest BCUT2D eigenvalue weighted by atomic mass is 35.5. The van der Waals surface area contributed by atoms with Crippen molar-refractivity contribution in [2.24, 2.45) is 5.73 Å². The molecule has 1 rings (SSSR count). The van der Waals surface area contributed by atoms with Gasteiger partial charge in [-0.15, -0.1) is 12.4 Å². The maximum absolute atomic E-state index is 11.2. The second-order valence-electron chi connectivity index (χ2n) is 3.21. The molecule has 0 aliphatic carbocycles. The minimum atomic E-state index is -0.326. The zero-order valence-corrected chi connectivity index (χ0v) is 10.9. The number of nitrogens with one attached hydrogen (secondary N) is 2. The Bertz CT molecular complexity index is 343. The van der Waals surface area contributed by atoms with Crippen LogP contribution in [0.3, 0.4) is 0 Å². The van der Waals surface area contributed by atoms with E-state index in [1.807, 2.05) is 16.8 Å². The van der Waals surface area contributed by atoms with E-state index in [0.29, 0.717) is 6.54 Å². The van der Waals surface area contributed by atoms with E-state index in [0.717, 1.165) is 6.42 Å². The van der Waals surface area contributed by atoms with Crippen LogP contribution in [0.4, 0.5) is 0 Å². The Morgan fingerprint density at radius 1 is 1.29 bits per heavy atom. The van der Waals surface area contributed by atoms with Gasteiger partial charge in [0.05, 0.1) is 13.1 Å². The third-order valence-electron chi connectivity index (χ3n) is 1.95. The van der Waals surface area contributed by atoms with Crippen LogP contribution in [-0.4, -0.2) is 31.4 Å². The molecule has 17 heavy (non-hydrogen) atoms. The number of amides is 2. The molecule has 2 amide bonds. The number of carbonyl (C=O) groups is 2. The number of carbonyl (C=O) groups excluding carboxylic acids is 2. The molecule has 1 aromatic heterocycles. The second-order valence-corrected chi connectivity index (χ2v) is 3.99. The van der Waals surface area contributed by atoms with Gasteiger partial charge in [-0.1, -0.05) is 0 Å². The van der Waals surface area contributed by atoms with Crippen LogP contribution in [0.5, 0.6) is 0 Å². The van der Waals surface area contributed by atoms with Crippen molar-refractivity contribution >= 4 is 35.6 Å². The third kappa shape index (κ3) is 6.93. The number of rotatable bonds is 6. The summed E-state index contributed by atoms with van der Waals surface area (Å²) < 4.78 is 0. The molecule has 0 unspecified atom stereocenters. The van der Waals surface area contributed by atoms with Crippen molar-refractivity contribution in [1.82, 2.24) is 10.6 Å². The molecular formula is C10H16ClN3O2S. The first kappa shape index (κ1) is 15.9. The van der Waals surface area contributed by atoms with Gasteiger partial charge in [-0.25, -0.2) is 0 Å². The van der Waals surface area contributed by atoms with Gasteiger partial charge in [-0.2, -0.15) is 11.3 Å². The molecule has 0 saturated carbocycles. The van der Waals surface area contributed by atoms with E-state index in [9.17, 15) is 9.59 Å². The molecule has 0 fully saturated rings. The Labute approximate surface area is 110 Å². The fourth-order valence-electron chi connectivity index (χ4n) is 1.09. The van der Waals surface area contributed by atoms with Crippen LogP contribution in [0, 0.1) is 0 Å². The van der Waals surface area contributed by atoms with Crippen LogP contribution in [0.2, 0.25) is 0 Å². The van der Waals surface area contributed by atoms with Gasteiger partial charge in [-0.05, 0) is 28.8 Å². The second kappa shape index (κ2) is 8.98. The minimum absolute atomic E-state index is 0. The fourth-order valence-corrected chi connectivity index (χ4v) is 1.80.